The molecule has 8 heteroatoms. The Bertz CT molecular complexity index is 1230. The molecule has 1 aromatic heterocycles. The number of ketones is 1. The van der Waals surface area contributed by atoms with Crippen LogP contribution < -0.4 is 9.47 Å². The van der Waals surface area contributed by atoms with Crippen LogP contribution in [0.3, 0.4) is 0 Å². The largest absolute Gasteiger partial charge is 0.507 e. The van der Waals surface area contributed by atoms with Gasteiger partial charge in [-0.1, -0.05) is 24.8 Å². The van der Waals surface area contributed by atoms with Gasteiger partial charge in [0.15, 0.2) is 0 Å². The lowest BCUT2D eigenvalue weighted by atomic mass is 9.95. The molecule has 0 spiro atoms. The van der Waals surface area contributed by atoms with Gasteiger partial charge in [-0.3, -0.25) is 9.59 Å². The van der Waals surface area contributed by atoms with Crippen LogP contribution in [0.5, 0.6) is 11.5 Å². The number of benzene rings is 2. The minimum atomic E-state index is -0.757. The molecule has 35 heavy (non-hydrogen) atoms. The summed E-state index contributed by atoms with van der Waals surface area (Å²) in [5.41, 5.74) is 1.14. The number of hydrogen-bond acceptors (Lipinski definition) is 6. The van der Waals surface area contributed by atoms with Crippen LogP contribution in [0.25, 0.3) is 5.76 Å². The lowest BCUT2D eigenvalue weighted by Gasteiger charge is -2.25. The molecule has 3 aromatic rings. The van der Waals surface area contributed by atoms with Crippen LogP contribution in [0.2, 0.25) is 0 Å². The van der Waals surface area contributed by atoms with Gasteiger partial charge in [-0.2, -0.15) is 0 Å². The van der Waals surface area contributed by atoms with Crippen molar-refractivity contribution >= 4 is 17.4 Å². The van der Waals surface area contributed by atoms with Crippen molar-refractivity contribution in [2.75, 3.05) is 20.3 Å². The number of aromatic nitrogens is 2. The SMILES string of the molecule is C=CCOc1cccc(C2C(=C(O)c3ccc(OC)cc3)C(=O)C(=O)N2CCCn2ccnc2)c1. The van der Waals surface area contributed by atoms with Crippen LogP contribution in [0.4, 0.5) is 0 Å². The molecule has 1 N–H and O–H groups in total. The van der Waals surface area contributed by atoms with E-state index in [-0.39, 0.29) is 11.3 Å². The number of ether oxygens (including phenoxy) is 2. The lowest BCUT2D eigenvalue weighted by molar-refractivity contribution is -0.139. The van der Waals surface area contributed by atoms with Gasteiger partial charge in [-0.25, -0.2) is 4.98 Å². The Morgan fingerprint density at radius 2 is 1.94 bits per heavy atom. The van der Waals surface area contributed by atoms with Gasteiger partial charge < -0.3 is 24.0 Å². The molecule has 0 bridgehead atoms. The number of aliphatic hydroxyl groups is 1. The normalized spacial score (nSPS) is 16.9. The third kappa shape index (κ3) is 5.11. The van der Waals surface area contributed by atoms with Gasteiger partial charge in [0, 0.05) is 31.0 Å². The third-order valence-electron chi connectivity index (χ3n) is 5.82. The number of carbonyl (C=O) groups excluding carboxylic acids is 2. The average Bonchev–Trinajstić information content (AvgIpc) is 3.49. The smallest absolute Gasteiger partial charge is 0.295 e. The second-order valence-electron chi connectivity index (χ2n) is 8.05. The number of hydrogen-bond donors (Lipinski definition) is 1. The zero-order valence-electron chi connectivity index (χ0n) is 19.5. The van der Waals surface area contributed by atoms with Crippen LogP contribution in [0, 0.1) is 0 Å². The fraction of sp³-hybridized carbons (Fsp3) is 0.222. The van der Waals surface area contributed by atoms with E-state index in [9.17, 15) is 14.7 Å². The van der Waals surface area contributed by atoms with E-state index in [4.69, 9.17) is 9.47 Å². The highest BCUT2D eigenvalue weighted by Gasteiger charge is 2.45. The van der Waals surface area contributed by atoms with Crippen LogP contribution in [-0.2, 0) is 16.1 Å². The van der Waals surface area contributed by atoms with Crippen molar-refractivity contribution in [2.24, 2.45) is 0 Å². The Morgan fingerprint density at radius 3 is 2.63 bits per heavy atom. The van der Waals surface area contributed by atoms with Crippen LogP contribution in [0.15, 0.2) is 85.5 Å². The minimum absolute atomic E-state index is 0.0451. The van der Waals surface area contributed by atoms with Gasteiger partial charge in [0.05, 0.1) is 25.1 Å². The zero-order chi connectivity index (χ0) is 24.8. The van der Waals surface area contributed by atoms with E-state index in [2.05, 4.69) is 11.6 Å². The molecule has 8 nitrogen and oxygen atoms in total. The van der Waals surface area contributed by atoms with Crippen LogP contribution >= 0.6 is 0 Å². The summed E-state index contributed by atoms with van der Waals surface area (Å²) in [6.45, 7) is 4.94. The summed E-state index contributed by atoms with van der Waals surface area (Å²) in [5, 5.41) is 11.2. The number of carbonyl (C=O) groups is 2. The standard InChI is InChI=1S/C27H27N3O5/c1-3-16-35-22-7-4-6-20(17-22)24-23(25(31)19-8-10-21(34-2)11-9-19)26(32)27(33)30(24)14-5-13-29-15-12-28-18-29/h3-4,6-12,15,17-18,24,31H,1,5,13-14,16H2,2H3. The topological polar surface area (TPSA) is 93.9 Å². The number of likely N-dealkylation sites (tertiary alicyclic amines) is 1. The predicted molar refractivity (Wildman–Crippen MR) is 131 cm³/mol. The summed E-state index contributed by atoms with van der Waals surface area (Å²) in [6, 6.07) is 13.1. The van der Waals surface area contributed by atoms with E-state index in [1.165, 1.54) is 4.90 Å². The second-order valence-corrected chi connectivity index (χ2v) is 8.05. The summed E-state index contributed by atoms with van der Waals surface area (Å²) in [5.74, 6) is -0.400. The summed E-state index contributed by atoms with van der Waals surface area (Å²) in [6.07, 6.45) is 7.48. The van der Waals surface area contributed by atoms with Crippen LogP contribution in [0.1, 0.15) is 23.6 Å². The number of Topliss-reactive ketones (excluding diaryl/α,β-unsaturated/α-hetero) is 1. The van der Waals surface area contributed by atoms with Gasteiger partial charge in [0.25, 0.3) is 11.7 Å². The summed E-state index contributed by atoms with van der Waals surface area (Å²) in [7, 11) is 1.55. The number of amides is 1. The molecule has 0 aliphatic carbocycles. The molecule has 2 aromatic carbocycles. The molecule has 0 radical (unpaired) electrons. The van der Waals surface area contributed by atoms with E-state index in [1.807, 2.05) is 16.8 Å². The quantitative estimate of drug-likeness (QED) is 0.207. The molecule has 1 atom stereocenters. The van der Waals surface area contributed by atoms with Crippen molar-refractivity contribution in [1.29, 1.82) is 0 Å². The maximum Gasteiger partial charge on any atom is 0.295 e. The first-order valence-electron chi connectivity index (χ1n) is 11.3. The molecular weight excluding hydrogens is 446 g/mol. The molecule has 1 aliphatic heterocycles. The van der Waals surface area contributed by atoms with Gasteiger partial charge in [-0.15, -0.1) is 0 Å². The average molecular weight is 474 g/mol. The van der Waals surface area contributed by atoms with E-state index in [0.29, 0.717) is 48.7 Å². The van der Waals surface area contributed by atoms with Gasteiger partial charge >= 0.3 is 0 Å². The molecule has 180 valence electrons. The molecular formula is C27H27N3O5. The fourth-order valence-electron chi connectivity index (χ4n) is 4.13. The van der Waals surface area contributed by atoms with Gasteiger partial charge in [0.2, 0.25) is 0 Å². The number of rotatable bonds is 10. The van der Waals surface area contributed by atoms with Crippen molar-refractivity contribution in [1.82, 2.24) is 14.5 Å². The highest BCUT2D eigenvalue weighted by molar-refractivity contribution is 6.46. The minimum Gasteiger partial charge on any atom is -0.507 e. The Kier molecular flexibility index (Phi) is 7.30. The maximum atomic E-state index is 13.2. The van der Waals surface area contributed by atoms with E-state index in [0.717, 1.165) is 0 Å². The Morgan fingerprint density at radius 1 is 1.14 bits per heavy atom. The molecule has 0 saturated carbocycles. The van der Waals surface area contributed by atoms with Crippen molar-refractivity contribution in [3.8, 4) is 11.5 Å². The van der Waals surface area contributed by atoms with Crippen molar-refractivity contribution in [2.45, 2.75) is 19.0 Å². The van der Waals surface area contributed by atoms with E-state index in [1.54, 1.807) is 68.2 Å². The molecule has 4 rings (SSSR count). The molecule has 1 amide bonds. The summed E-state index contributed by atoms with van der Waals surface area (Å²) in [4.78, 5) is 31.9. The number of imidazole rings is 1. The molecule has 1 aliphatic rings. The fourth-order valence-corrected chi connectivity index (χ4v) is 4.13. The third-order valence-corrected chi connectivity index (χ3v) is 5.82. The Labute approximate surface area is 203 Å². The first-order valence-corrected chi connectivity index (χ1v) is 11.3. The summed E-state index contributed by atoms with van der Waals surface area (Å²) < 4.78 is 12.8. The van der Waals surface area contributed by atoms with Crippen LogP contribution in [-0.4, -0.2) is 51.5 Å². The number of nitrogens with zero attached hydrogens (tertiary/aromatic N) is 3. The number of aryl methyl sites for hydroxylation is 1. The van der Waals surface area contributed by atoms with Crippen molar-refractivity contribution < 1.29 is 24.2 Å². The highest BCUT2D eigenvalue weighted by Crippen LogP contribution is 2.40. The zero-order valence-corrected chi connectivity index (χ0v) is 19.5. The van der Waals surface area contributed by atoms with Gasteiger partial charge in [-0.05, 0) is 48.4 Å². The van der Waals surface area contributed by atoms with Crippen molar-refractivity contribution in [3.05, 3.63) is 96.6 Å². The first-order chi connectivity index (χ1) is 17.0. The first kappa shape index (κ1) is 23.8. The Hall–Kier alpha value is -4.33. The molecule has 1 saturated heterocycles. The van der Waals surface area contributed by atoms with Crippen molar-refractivity contribution in [3.63, 3.8) is 0 Å². The highest BCUT2D eigenvalue weighted by atomic mass is 16.5. The monoisotopic (exact) mass is 473 g/mol. The molecule has 1 fully saturated rings. The van der Waals surface area contributed by atoms with Gasteiger partial charge in [0.1, 0.15) is 23.9 Å². The molecule has 1 unspecified atom stereocenters. The Balaban J connectivity index is 1.73. The lowest BCUT2D eigenvalue weighted by Crippen LogP contribution is -2.31. The van der Waals surface area contributed by atoms with E-state index >= 15 is 0 Å². The maximum absolute atomic E-state index is 13.2. The number of aliphatic hydroxyl groups excluding tert-OH is 1. The second kappa shape index (κ2) is 10.7. The van der Waals surface area contributed by atoms with E-state index < -0.39 is 17.7 Å². The predicted octanol–water partition coefficient (Wildman–Crippen LogP) is 3.97. The molecule has 2 heterocycles. The summed E-state index contributed by atoms with van der Waals surface area (Å²) >= 11 is 0. The number of methoxy groups -OCH3 is 1.